The maximum absolute atomic E-state index is 12.6. The van der Waals surface area contributed by atoms with E-state index in [0.29, 0.717) is 6.67 Å². The third-order valence-corrected chi connectivity index (χ3v) is 2.27. The van der Waals surface area contributed by atoms with Crippen molar-refractivity contribution in [2.24, 2.45) is 0 Å². The van der Waals surface area contributed by atoms with Gasteiger partial charge in [-0.2, -0.15) is 0 Å². The van der Waals surface area contributed by atoms with Gasteiger partial charge in [0.15, 0.2) is 0 Å². The Labute approximate surface area is 98.3 Å². The van der Waals surface area contributed by atoms with Crippen LogP contribution < -0.4 is 10.6 Å². The number of halogens is 2. The van der Waals surface area contributed by atoms with Crippen molar-refractivity contribution in [1.82, 2.24) is 0 Å². The summed E-state index contributed by atoms with van der Waals surface area (Å²) in [6, 6.07) is 12.2. The first-order valence-corrected chi connectivity index (χ1v) is 5.23. The lowest BCUT2D eigenvalue weighted by Gasteiger charge is -2.09. The Balaban J connectivity index is 1.83. The molecule has 0 fully saturated rings. The minimum Gasteiger partial charge on any atom is -0.368 e. The molecule has 17 heavy (non-hydrogen) atoms. The molecule has 0 spiro atoms. The topological polar surface area (TPSA) is 24.1 Å². The molecule has 0 radical (unpaired) electrons. The monoisotopic (exact) mass is 234 g/mol. The lowest BCUT2D eigenvalue weighted by molar-refractivity contribution is 0.627. The summed E-state index contributed by atoms with van der Waals surface area (Å²) in [6.45, 7) is 0.483. The summed E-state index contributed by atoms with van der Waals surface area (Å²) < 4.78 is 25.3. The molecule has 0 aliphatic rings. The van der Waals surface area contributed by atoms with Gasteiger partial charge in [0.2, 0.25) is 0 Å². The smallest absolute Gasteiger partial charge is 0.123 e. The van der Waals surface area contributed by atoms with Crippen LogP contribution in [-0.4, -0.2) is 6.67 Å². The minimum absolute atomic E-state index is 0.262. The van der Waals surface area contributed by atoms with Crippen LogP contribution >= 0.6 is 0 Å². The van der Waals surface area contributed by atoms with Crippen LogP contribution in [0.2, 0.25) is 0 Å². The van der Waals surface area contributed by atoms with Crippen LogP contribution in [0.1, 0.15) is 0 Å². The van der Waals surface area contributed by atoms with Crippen molar-refractivity contribution in [3.63, 3.8) is 0 Å². The molecule has 0 unspecified atom stereocenters. The van der Waals surface area contributed by atoms with Gasteiger partial charge in [-0.1, -0.05) is 0 Å². The third-order valence-electron chi connectivity index (χ3n) is 2.27. The van der Waals surface area contributed by atoms with Gasteiger partial charge in [-0.3, -0.25) is 0 Å². The van der Waals surface area contributed by atoms with E-state index in [0.717, 1.165) is 11.4 Å². The van der Waals surface area contributed by atoms with Crippen LogP contribution in [0.5, 0.6) is 0 Å². The van der Waals surface area contributed by atoms with E-state index in [1.165, 1.54) is 24.3 Å². The molecule has 0 saturated carbocycles. The van der Waals surface area contributed by atoms with E-state index in [1.807, 2.05) is 0 Å². The molecule has 2 nitrogen and oxygen atoms in total. The average molecular weight is 234 g/mol. The first-order valence-electron chi connectivity index (χ1n) is 5.23. The normalized spacial score (nSPS) is 10.0. The van der Waals surface area contributed by atoms with Crippen molar-refractivity contribution in [2.75, 3.05) is 17.3 Å². The highest BCUT2D eigenvalue weighted by atomic mass is 19.1. The van der Waals surface area contributed by atoms with Crippen LogP contribution in [-0.2, 0) is 0 Å². The van der Waals surface area contributed by atoms with Crippen molar-refractivity contribution in [3.05, 3.63) is 60.2 Å². The van der Waals surface area contributed by atoms with E-state index in [-0.39, 0.29) is 11.6 Å². The van der Waals surface area contributed by atoms with E-state index >= 15 is 0 Å². The summed E-state index contributed by atoms with van der Waals surface area (Å²) >= 11 is 0. The number of rotatable bonds is 4. The van der Waals surface area contributed by atoms with Gasteiger partial charge in [0.05, 0.1) is 6.67 Å². The van der Waals surface area contributed by atoms with Gasteiger partial charge in [-0.25, -0.2) is 8.78 Å². The molecule has 0 bridgehead atoms. The summed E-state index contributed by atoms with van der Waals surface area (Å²) in [7, 11) is 0. The van der Waals surface area contributed by atoms with Crippen LogP contribution in [0.4, 0.5) is 20.2 Å². The number of hydrogen-bond acceptors (Lipinski definition) is 2. The Kier molecular flexibility index (Phi) is 3.55. The van der Waals surface area contributed by atoms with Crippen LogP contribution in [0.25, 0.3) is 0 Å². The SMILES string of the molecule is Fc1ccc(NCNc2ccc(F)cc2)cc1. The predicted molar refractivity (Wildman–Crippen MR) is 64.9 cm³/mol. The predicted octanol–water partition coefficient (Wildman–Crippen LogP) is 3.45. The molecule has 0 saturated heterocycles. The van der Waals surface area contributed by atoms with Crippen LogP contribution in [0, 0.1) is 11.6 Å². The maximum atomic E-state index is 12.6. The van der Waals surface area contributed by atoms with E-state index in [1.54, 1.807) is 24.3 Å². The number of anilines is 2. The largest absolute Gasteiger partial charge is 0.368 e. The fourth-order valence-electron chi connectivity index (χ4n) is 1.38. The molecule has 0 aromatic heterocycles. The average Bonchev–Trinajstić information content (AvgIpc) is 2.34. The second kappa shape index (κ2) is 5.30. The molecule has 0 atom stereocenters. The number of benzene rings is 2. The summed E-state index contributed by atoms with van der Waals surface area (Å²) in [6.07, 6.45) is 0. The Morgan fingerprint density at radius 2 is 1.00 bits per heavy atom. The summed E-state index contributed by atoms with van der Waals surface area (Å²) in [5, 5.41) is 6.13. The fourth-order valence-corrected chi connectivity index (χ4v) is 1.38. The molecular formula is C13H12F2N2. The van der Waals surface area contributed by atoms with Crippen molar-refractivity contribution >= 4 is 11.4 Å². The molecule has 2 N–H and O–H groups in total. The molecule has 4 heteroatoms. The molecule has 2 aromatic carbocycles. The van der Waals surface area contributed by atoms with Crippen LogP contribution in [0.3, 0.4) is 0 Å². The molecule has 0 amide bonds. The standard InChI is InChI=1S/C13H12F2N2/c14-10-1-5-12(6-2-10)16-9-17-13-7-3-11(15)4-8-13/h1-8,16-17H,9H2. The van der Waals surface area contributed by atoms with Gasteiger partial charge in [0.1, 0.15) is 11.6 Å². The summed E-state index contributed by atoms with van der Waals surface area (Å²) in [5.41, 5.74) is 1.64. The van der Waals surface area contributed by atoms with Gasteiger partial charge >= 0.3 is 0 Å². The Bertz CT molecular complexity index is 420. The molecule has 88 valence electrons. The zero-order valence-electron chi connectivity index (χ0n) is 9.08. The van der Waals surface area contributed by atoms with Crippen LogP contribution in [0.15, 0.2) is 48.5 Å². The van der Waals surface area contributed by atoms with Crippen molar-refractivity contribution in [3.8, 4) is 0 Å². The Hall–Kier alpha value is -2.10. The highest BCUT2D eigenvalue weighted by molar-refractivity contribution is 5.47. The highest BCUT2D eigenvalue weighted by Gasteiger charge is 1.94. The Morgan fingerprint density at radius 1 is 0.647 bits per heavy atom. The summed E-state index contributed by atoms with van der Waals surface area (Å²) in [5.74, 6) is -0.524. The van der Waals surface area contributed by atoms with Gasteiger partial charge in [-0.05, 0) is 48.5 Å². The lowest BCUT2D eigenvalue weighted by Crippen LogP contribution is -2.11. The molecule has 2 rings (SSSR count). The molecule has 0 heterocycles. The second-order valence-corrected chi connectivity index (χ2v) is 3.54. The zero-order chi connectivity index (χ0) is 12.1. The third kappa shape index (κ3) is 3.45. The maximum Gasteiger partial charge on any atom is 0.123 e. The number of hydrogen-bond donors (Lipinski definition) is 2. The van der Waals surface area contributed by atoms with Crippen molar-refractivity contribution in [1.29, 1.82) is 0 Å². The Morgan fingerprint density at radius 3 is 1.35 bits per heavy atom. The number of nitrogens with one attached hydrogen (secondary N) is 2. The van der Waals surface area contributed by atoms with Gasteiger partial charge in [0.25, 0.3) is 0 Å². The molecular weight excluding hydrogens is 222 g/mol. The van der Waals surface area contributed by atoms with Gasteiger partial charge < -0.3 is 10.6 Å². The molecule has 0 aliphatic heterocycles. The van der Waals surface area contributed by atoms with Gasteiger partial charge in [0, 0.05) is 11.4 Å². The van der Waals surface area contributed by atoms with E-state index in [2.05, 4.69) is 10.6 Å². The molecule has 2 aromatic rings. The van der Waals surface area contributed by atoms with Crippen molar-refractivity contribution in [2.45, 2.75) is 0 Å². The quantitative estimate of drug-likeness (QED) is 0.792. The first-order chi connectivity index (χ1) is 8.24. The summed E-state index contributed by atoms with van der Waals surface area (Å²) in [4.78, 5) is 0. The fraction of sp³-hybridized carbons (Fsp3) is 0.0769. The van der Waals surface area contributed by atoms with E-state index in [9.17, 15) is 8.78 Å². The highest BCUT2D eigenvalue weighted by Crippen LogP contribution is 2.10. The minimum atomic E-state index is -0.262. The van der Waals surface area contributed by atoms with E-state index in [4.69, 9.17) is 0 Å². The van der Waals surface area contributed by atoms with Crippen molar-refractivity contribution < 1.29 is 8.78 Å². The van der Waals surface area contributed by atoms with E-state index < -0.39 is 0 Å². The second-order valence-electron chi connectivity index (χ2n) is 3.54. The van der Waals surface area contributed by atoms with Gasteiger partial charge in [-0.15, -0.1) is 0 Å². The first kappa shape index (κ1) is 11.4. The lowest BCUT2D eigenvalue weighted by atomic mass is 10.3. The zero-order valence-corrected chi connectivity index (χ0v) is 9.08. The molecule has 0 aliphatic carbocycles.